The molecular weight excluding hydrogens is 404 g/mol. The van der Waals surface area contributed by atoms with E-state index in [2.05, 4.69) is 25.5 Å². The fraction of sp³-hybridized carbons (Fsp3) is 0.417. The largest absolute Gasteiger partial charge is 0.496 e. The number of rotatable bonds is 7. The highest BCUT2D eigenvalue weighted by molar-refractivity contribution is 5.79. The van der Waals surface area contributed by atoms with Crippen LogP contribution in [0.2, 0.25) is 0 Å². The molecule has 1 fully saturated rings. The average molecular weight is 435 g/mol. The Hall–Kier alpha value is -3.42. The number of hydrogen-bond acceptors (Lipinski definition) is 6. The van der Waals surface area contributed by atoms with Crippen molar-refractivity contribution in [3.63, 3.8) is 0 Å². The highest BCUT2D eigenvalue weighted by Crippen LogP contribution is 2.22. The molecular formula is C24H30N6O2. The van der Waals surface area contributed by atoms with Crippen molar-refractivity contribution in [2.24, 2.45) is 5.92 Å². The van der Waals surface area contributed by atoms with Gasteiger partial charge in [-0.25, -0.2) is 4.68 Å². The Morgan fingerprint density at radius 3 is 2.66 bits per heavy atom. The quantitative estimate of drug-likeness (QED) is 0.616. The van der Waals surface area contributed by atoms with Crippen LogP contribution < -0.4 is 15.0 Å². The Balaban J connectivity index is 1.33. The minimum Gasteiger partial charge on any atom is -0.496 e. The summed E-state index contributed by atoms with van der Waals surface area (Å²) < 4.78 is 7.18. The van der Waals surface area contributed by atoms with Gasteiger partial charge in [0.25, 0.3) is 0 Å². The Kier molecular flexibility index (Phi) is 6.68. The highest BCUT2D eigenvalue weighted by Gasteiger charge is 2.26. The molecule has 1 saturated heterocycles. The molecule has 1 aliphatic heterocycles. The first-order valence-corrected chi connectivity index (χ1v) is 11.1. The van der Waals surface area contributed by atoms with Gasteiger partial charge < -0.3 is 15.0 Å². The molecule has 1 amide bonds. The number of para-hydroxylation sites is 1. The van der Waals surface area contributed by atoms with Crippen molar-refractivity contribution in [1.82, 2.24) is 25.3 Å². The van der Waals surface area contributed by atoms with E-state index >= 15 is 0 Å². The zero-order valence-electron chi connectivity index (χ0n) is 18.9. The summed E-state index contributed by atoms with van der Waals surface area (Å²) in [6, 6.07) is 13.8. The molecule has 1 aromatic carbocycles. The second kappa shape index (κ2) is 9.80. The van der Waals surface area contributed by atoms with Crippen LogP contribution in [0.3, 0.4) is 0 Å². The van der Waals surface area contributed by atoms with Gasteiger partial charge in [-0.05, 0) is 62.9 Å². The summed E-state index contributed by atoms with van der Waals surface area (Å²) >= 11 is 0. The number of nitrogens with one attached hydrogen (secondary N) is 1. The molecule has 0 spiro atoms. The van der Waals surface area contributed by atoms with Crippen molar-refractivity contribution in [3.05, 3.63) is 59.4 Å². The van der Waals surface area contributed by atoms with E-state index in [1.807, 2.05) is 56.3 Å². The molecule has 1 N–H and O–H groups in total. The summed E-state index contributed by atoms with van der Waals surface area (Å²) in [7, 11) is 1.67. The summed E-state index contributed by atoms with van der Waals surface area (Å²) in [5, 5.41) is 16.3. The molecule has 8 nitrogen and oxygen atoms in total. The van der Waals surface area contributed by atoms with Gasteiger partial charge in [-0.3, -0.25) is 4.79 Å². The van der Waals surface area contributed by atoms with E-state index < -0.39 is 0 Å². The SMILES string of the molecule is COc1ccccc1CCNC(=O)C1CCCN(c2ccc(-n3nc(C)cc3C)nn2)C1. The van der Waals surface area contributed by atoms with Crippen LogP contribution in [0.1, 0.15) is 29.8 Å². The topological polar surface area (TPSA) is 85.2 Å². The second-order valence-corrected chi connectivity index (χ2v) is 8.23. The normalized spacial score (nSPS) is 16.1. The molecule has 3 heterocycles. The van der Waals surface area contributed by atoms with E-state index in [1.165, 1.54) is 0 Å². The number of methoxy groups -OCH3 is 1. The zero-order chi connectivity index (χ0) is 22.5. The van der Waals surface area contributed by atoms with Crippen LogP contribution in [-0.4, -0.2) is 52.6 Å². The Bertz CT molecular complexity index is 1060. The average Bonchev–Trinajstić information content (AvgIpc) is 3.17. The van der Waals surface area contributed by atoms with E-state index in [-0.39, 0.29) is 11.8 Å². The van der Waals surface area contributed by atoms with Gasteiger partial charge >= 0.3 is 0 Å². The molecule has 8 heteroatoms. The van der Waals surface area contributed by atoms with Gasteiger partial charge in [0.2, 0.25) is 5.91 Å². The molecule has 4 rings (SSSR count). The first kappa shape index (κ1) is 21.8. The summed E-state index contributed by atoms with van der Waals surface area (Å²) in [4.78, 5) is 14.9. The van der Waals surface area contributed by atoms with Gasteiger partial charge in [-0.2, -0.15) is 5.10 Å². The van der Waals surface area contributed by atoms with Crippen LogP contribution in [0.5, 0.6) is 5.75 Å². The van der Waals surface area contributed by atoms with Gasteiger partial charge in [0.1, 0.15) is 5.75 Å². The number of nitrogens with zero attached hydrogens (tertiary/aromatic N) is 5. The van der Waals surface area contributed by atoms with E-state index in [4.69, 9.17) is 4.74 Å². The van der Waals surface area contributed by atoms with Gasteiger partial charge in [-0.15, -0.1) is 10.2 Å². The van der Waals surface area contributed by atoms with Gasteiger partial charge in [0, 0.05) is 25.3 Å². The predicted octanol–water partition coefficient (Wildman–Crippen LogP) is 2.86. The van der Waals surface area contributed by atoms with E-state index in [1.54, 1.807) is 11.8 Å². The fourth-order valence-electron chi connectivity index (χ4n) is 4.23. The van der Waals surface area contributed by atoms with Gasteiger partial charge in [-0.1, -0.05) is 18.2 Å². The molecule has 1 aliphatic rings. The number of benzene rings is 1. The minimum atomic E-state index is -0.0566. The molecule has 0 radical (unpaired) electrons. The monoisotopic (exact) mass is 434 g/mol. The Morgan fingerprint density at radius 1 is 1.16 bits per heavy atom. The van der Waals surface area contributed by atoms with Crippen LogP contribution in [0.4, 0.5) is 5.82 Å². The number of aromatic nitrogens is 4. The Labute approximate surface area is 188 Å². The smallest absolute Gasteiger partial charge is 0.224 e. The fourth-order valence-corrected chi connectivity index (χ4v) is 4.23. The highest BCUT2D eigenvalue weighted by atomic mass is 16.5. The van der Waals surface area contributed by atoms with Crippen molar-refractivity contribution in [2.75, 3.05) is 31.6 Å². The molecule has 0 saturated carbocycles. The third kappa shape index (κ3) is 4.90. The van der Waals surface area contributed by atoms with E-state index in [9.17, 15) is 4.79 Å². The number of piperidine rings is 1. The van der Waals surface area contributed by atoms with Crippen molar-refractivity contribution < 1.29 is 9.53 Å². The molecule has 3 aromatic rings. The van der Waals surface area contributed by atoms with Crippen molar-refractivity contribution >= 4 is 11.7 Å². The molecule has 168 valence electrons. The molecule has 32 heavy (non-hydrogen) atoms. The minimum absolute atomic E-state index is 0.0566. The summed E-state index contributed by atoms with van der Waals surface area (Å²) in [6.45, 7) is 6.07. The first-order chi connectivity index (χ1) is 15.5. The first-order valence-electron chi connectivity index (χ1n) is 11.1. The third-order valence-corrected chi connectivity index (χ3v) is 5.87. The number of aryl methyl sites for hydroxylation is 2. The Morgan fingerprint density at radius 2 is 1.94 bits per heavy atom. The van der Waals surface area contributed by atoms with E-state index in [0.717, 1.165) is 54.3 Å². The van der Waals surface area contributed by atoms with Gasteiger partial charge in [0.05, 0.1) is 18.7 Å². The number of ether oxygens (including phenoxy) is 1. The lowest BCUT2D eigenvalue weighted by molar-refractivity contribution is -0.125. The predicted molar refractivity (Wildman–Crippen MR) is 123 cm³/mol. The lowest BCUT2D eigenvalue weighted by Gasteiger charge is -2.32. The van der Waals surface area contributed by atoms with Crippen molar-refractivity contribution in [3.8, 4) is 11.6 Å². The number of hydrogen-bond donors (Lipinski definition) is 1. The van der Waals surface area contributed by atoms with Crippen LogP contribution in [0.15, 0.2) is 42.5 Å². The van der Waals surface area contributed by atoms with Crippen LogP contribution >= 0.6 is 0 Å². The van der Waals surface area contributed by atoms with Crippen LogP contribution in [0, 0.1) is 19.8 Å². The lowest BCUT2D eigenvalue weighted by atomic mass is 9.97. The van der Waals surface area contributed by atoms with Crippen molar-refractivity contribution in [1.29, 1.82) is 0 Å². The number of anilines is 1. The van der Waals surface area contributed by atoms with Crippen LogP contribution in [-0.2, 0) is 11.2 Å². The number of carbonyl (C=O) groups excluding carboxylic acids is 1. The van der Waals surface area contributed by atoms with Gasteiger partial charge in [0.15, 0.2) is 11.6 Å². The maximum absolute atomic E-state index is 12.8. The molecule has 1 unspecified atom stereocenters. The third-order valence-electron chi connectivity index (χ3n) is 5.87. The maximum Gasteiger partial charge on any atom is 0.224 e. The molecule has 1 atom stereocenters. The van der Waals surface area contributed by atoms with Crippen molar-refractivity contribution in [2.45, 2.75) is 33.1 Å². The molecule has 0 aliphatic carbocycles. The second-order valence-electron chi connectivity index (χ2n) is 8.23. The maximum atomic E-state index is 12.8. The van der Waals surface area contributed by atoms with Crippen LogP contribution in [0.25, 0.3) is 5.82 Å². The number of carbonyl (C=O) groups is 1. The number of amides is 1. The zero-order valence-corrected chi connectivity index (χ0v) is 18.9. The summed E-state index contributed by atoms with van der Waals surface area (Å²) in [5.41, 5.74) is 3.06. The lowest BCUT2D eigenvalue weighted by Crippen LogP contribution is -2.43. The standard InChI is InChI=1S/C24H30N6O2/c1-17-15-18(2)30(28-17)23-11-10-22(26-27-23)29-14-6-8-20(16-29)24(31)25-13-12-19-7-4-5-9-21(19)32-3/h4-5,7,9-11,15,20H,6,8,12-14,16H2,1-3H3,(H,25,31). The molecule has 2 aromatic heterocycles. The van der Waals surface area contributed by atoms with E-state index in [0.29, 0.717) is 18.9 Å². The summed E-state index contributed by atoms with van der Waals surface area (Å²) in [6.07, 6.45) is 2.57. The summed E-state index contributed by atoms with van der Waals surface area (Å²) in [5.74, 6) is 2.38. The molecule has 0 bridgehead atoms.